The largest absolute Gasteiger partial charge is 0.243 e. The van der Waals surface area contributed by atoms with E-state index >= 15 is 0 Å². The number of aryl methyl sites for hydroxylation is 2. The van der Waals surface area contributed by atoms with Gasteiger partial charge in [0, 0.05) is 18.6 Å². The molecule has 2 rings (SSSR count). The molecule has 0 aliphatic rings. The van der Waals surface area contributed by atoms with E-state index in [0.717, 1.165) is 11.1 Å². The summed E-state index contributed by atoms with van der Waals surface area (Å²) in [7, 11) is -1.94. The third-order valence-electron chi connectivity index (χ3n) is 3.39. The van der Waals surface area contributed by atoms with Crippen LogP contribution in [0.15, 0.2) is 47.4 Å². The highest BCUT2D eigenvalue weighted by atomic mass is 35.5. The van der Waals surface area contributed by atoms with E-state index < -0.39 is 10.0 Å². The van der Waals surface area contributed by atoms with E-state index in [1.807, 2.05) is 30.3 Å². The van der Waals surface area contributed by atoms with Crippen molar-refractivity contribution in [3.63, 3.8) is 0 Å². The van der Waals surface area contributed by atoms with Crippen LogP contribution < -0.4 is 0 Å². The van der Waals surface area contributed by atoms with Gasteiger partial charge in [-0.3, -0.25) is 0 Å². The van der Waals surface area contributed by atoms with Gasteiger partial charge in [0.25, 0.3) is 0 Å². The van der Waals surface area contributed by atoms with Gasteiger partial charge < -0.3 is 0 Å². The summed E-state index contributed by atoms with van der Waals surface area (Å²) in [5.41, 5.74) is 2.37. The maximum absolute atomic E-state index is 12.7. The Labute approximate surface area is 131 Å². The standard InChI is InChI=1S/C16H18ClNO2S/c1-12-10-16(13(2)9-15(12)17)21(19,20)18(3)11-14-7-5-4-6-8-14/h4-10H,11H2,1-3H3. The van der Waals surface area contributed by atoms with E-state index in [4.69, 9.17) is 11.6 Å². The van der Waals surface area contributed by atoms with Crippen LogP contribution in [0.1, 0.15) is 16.7 Å². The first kappa shape index (κ1) is 16.0. The predicted octanol–water partition coefficient (Wildman–Crippen LogP) is 3.78. The number of sulfonamides is 1. The molecule has 5 heteroatoms. The van der Waals surface area contributed by atoms with Crippen molar-refractivity contribution in [2.75, 3.05) is 7.05 Å². The van der Waals surface area contributed by atoms with Gasteiger partial charge in [-0.05, 0) is 42.7 Å². The van der Waals surface area contributed by atoms with Gasteiger partial charge in [0.2, 0.25) is 10.0 Å². The second kappa shape index (κ2) is 6.18. The molecule has 112 valence electrons. The van der Waals surface area contributed by atoms with E-state index in [0.29, 0.717) is 22.0 Å². The first-order valence-corrected chi connectivity index (χ1v) is 8.41. The molecule has 0 unspecified atom stereocenters. The summed E-state index contributed by atoms with van der Waals surface area (Å²) in [4.78, 5) is 0.308. The Kier molecular flexibility index (Phi) is 4.71. The lowest BCUT2D eigenvalue weighted by atomic mass is 10.2. The van der Waals surface area contributed by atoms with Gasteiger partial charge >= 0.3 is 0 Å². The highest BCUT2D eigenvalue weighted by molar-refractivity contribution is 7.89. The first-order chi connectivity index (χ1) is 9.82. The Morgan fingerprint density at radius 1 is 1.05 bits per heavy atom. The number of hydrogen-bond acceptors (Lipinski definition) is 2. The number of hydrogen-bond donors (Lipinski definition) is 0. The summed E-state index contributed by atoms with van der Waals surface area (Å²) < 4.78 is 26.8. The van der Waals surface area contributed by atoms with Crippen LogP contribution in [0.5, 0.6) is 0 Å². The minimum Gasteiger partial charge on any atom is -0.207 e. The molecule has 0 amide bonds. The van der Waals surface area contributed by atoms with Crippen LogP contribution in [-0.2, 0) is 16.6 Å². The Balaban J connectivity index is 2.36. The molecule has 0 N–H and O–H groups in total. The van der Waals surface area contributed by atoms with Crippen LogP contribution in [0.3, 0.4) is 0 Å². The van der Waals surface area contributed by atoms with Crippen molar-refractivity contribution >= 4 is 21.6 Å². The lowest BCUT2D eigenvalue weighted by Gasteiger charge is -2.19. The van der Waals surface area contributed by atoms with E-state index in [2.05, 4.69) is 0 Å². The van der Waals surface area contributed by atoms with Crippen LogP contribution in [0.25, 0.3) is 0 Å². The molecule has 21 heavy (non-hydrogen) atoms. The summed E-state index contributed by atoms with van der Waals surface area (Å²) in [5, 5.41) is 0.581. The molecule has 0 fully saturated rings. The summed E-state index contributed by atoms with van der Waals surface area (Å²) in [5.74, 6) is 0. The Morgan fingerprint density at radius 3 is 2.29 bits per heavy atom. The van der Waals surface area contributed by atoms with Crippen molar-refractivity contribution < 1.29 is 8.42 Å². The molecule has 0 saturated heterocycles. The molecular weight excluding hydrogens is 306 g/mol. The van der Waals surface area contributed by atoms with Gasteiger partial charge in [-0.15, -0.1) is 0 Å². The zero-order chi connectivity index (χ0) is 15.6. The highest BCUT2D eigenvalue weighted by Crippen LogP contribution is 2.26. The number of benzene rings is 2. The second-order valence-corrected chi connectivity index (χ2v) is 7.53. The molecule has 2 aromatic carbocycles. The molecule has 3 nitrogen and oxygen atoms in total. The van der Waals surface area contributed by atoms with E-state index in [1.165, 1.54) is 4.31 Å². The third-order valence-corrected chi connectivity index (χ3v) is 5.75. The fourth-order valence-corrected chi connectivity index (χ4v) is 3.79. The number of rotatable bonds is 4. The van der Waals surface area contributed by atoms with E-state index in [9.17, 15) is 8.42 Å². The molecule has 0 atom stereocenters. The molecule has 0 aliphatic heterocycles. The molecule has 0 spiro atoms. The molecular formula is C16H18ClNO2S. The Morgan fingerprint density at radius 2 is 1.67 bits per heavy atom. The van der Waals surface area contributed by atoms with E-state index in [1.54, 1.807) is 33.0 Å². The Bertz CT molecular complexity index is 742. The maximum Gasteiger partial charge on any atom is 0.243 e. The monoisotopic (exact) mass is 323 g/mol. The van der Waals surface area contributed by atoms with Crippen LogP contribution in [0.4, 0.5) is 0 Å². The summed E-state index contributed by atoms with van der Waals surface area (Å²) in [6.07, 6.45) is 0. The highest BCUT2D eigenvalue weighted by Gasteiger charge is 2.23. The average Bonchev–Trinajstić information content (AvgIpc) is 2.43. The van der Waals surface area contributed by atoms with Crippen LogP contribution in [-0.4, -0.2) is 19.8 Å². The lowest BCUT2D eigenvalue weighted by Crippen LogP contribution is -2.27. The van der Waals surface area contributed by atoms with Crippen LogP contribution >= 0.6 is 11.6 Å². The minimum atomic E-state index is -3.53. The average molecular weight is 324 g/mol. The first-order valence-electron chi connectivity index (χ1n) is 6.59. The van der Waals surface area contributed by atoms with Gasteiger partial charge in [0.1, 0.15) is 0 Å². The molecule has 0 aromatic heterocycles. The summed E-state index contributed by atoms with van der Waals surface area (Å²) in [6.45, 7) is 3.90. The molecule has 0 heterocycles. The summed E-state index contributed by atoms with van der Waals surface area (Å²) >= 11 is 6.04. The maximum atomic E-state index is 12.7. The zero-order valence-corrected chi connectivity index (χ0v) is 13.9. The SMILES string of the molecule is Cc1cc(S(=O)(=O)N(C)Cc2ccccc2)c(C)cc1Cl. The van der Waals surface area contributed by atoms with Gasteiger partial charge in [-0.1, -0.05) is 41.9 Å². The van der Waals surface area contributed by atoms with Gasteiger partial charge in [0.05, 0.1) is 4.90 Å². The van der Waals surface area contributed by atoms with Gasteiger partial charge in [-0.25, -0.2) is 8.42 Å². The lowest BCUT2D eigenvalue weighted by molar-refractivity contribution is 0.466. The van der Waals surface area contributed by atoms with Crippen LogP contribution in [0, 0.1) is 13.8 Å². The van der Waals surface area contributed by atoms with Crippen molar-refractivity contribution in [2.24, 2.45) is 0 Å². The fraction of sp³-hybridized carbons (Fsp3) is 0.250. The third kappa shape index (κ3) is 3.46. The van der Waals surface area contributed by atoms with E-state index in [-0.39, 0.29) is 0 Å². The van der Waals surface area contributed by atoms with Crippen molar-refractivity contribution in [3.8, 4) is 0 Å². The second-order valence-electron chi connectivity index (χ2n) is 5.11. The normalized spacial score (nSPS) is 11.9. The molecule has 2 aromatic rings. The van der Waals surface area contributed by atoms with Crippen molar-refractivity contribution in [3.05, 3.63) is 64.2 Å². The Hall–Kier alpha value is -1.36. The van der Waals surface area contributed by atoms with Crippen molar-refractivity contribution in [1.82, 2.24) is 4.31 Å². The summed E-state index contributed by atoms with van der Waals surface area (Å²) in [6, 6.07) is 12.8. The quantitative estimate of drug-likeness (QED) is 0.858. The minimum absolute atomic E-state index is 0.308. The van der Waals surface area contributed by atoms with Gasteiger partial charge in [0.15, 0.2) is 0 Å². The molecule has 0 aliphatic carbocycles. The number of nitrogens with zero attached hydrogens (tertiary/aromatic N) is 1. The van der Waals surface area contributed by atoms with Crippen molar-refractivity contribution in [1.29, 1.82) is 0 Å². The van der Waals surface area contributed by atoms with Crippen molar-refractivity contribution in [2.45, 2.75) is 25.3 Å². The molecule has 0 bridgehead atoms. The smallest absolute Gasteiger partial charge is 0.207 e. The molecule has 0 saturated carbocycles. The van der Waals surface area contributed by atoms with Crippen LogP contribution in [0.2, 0.25) is 5.02 Å². The zero-order valence-electron chi connectivity index (χ0n) is 12.3. The predicted molar refractivity (Wildman–Crippen MR) is 86.0 cm³/mol. The fourth-order valence-electron chi connectivity index (χ4n) is 2.13. The molecule has 0 radical (unpaired) electrons. The number of halogens is 1. The van der Waals surface area contributed by atoms with Gasteiger partial charge in [-0.2, -0.15) is 4.31 Å². The topological polar surface area (TPSA) is 37.4 Å².